The SMILES string of the molecule is Cc1cc(C(=O)OCC(=O)c2cc(C)n(-c3ccccc3)c2C)c2ccccc2n1. The Bertz CT molecular complexity index is 1260. The molecule has 0 saturated heterocycles. The monoisotopic (exact) mass is 398 g/mol. The van der Waals surface area contributed by atoms with E-state index in [1.54, 1.807) is 6.07 Å². The number of Topliss-reactive ketones (excluding diaryl/α,β-unsaturated/α-hetero) is 1. The van der Waals surface area contributed by atoms with Crippen molar-refractivity contribution >= 4 is 22.7 Å². The summed E-state index contributed by atoms with van der Waals surface area (Å²) in [6.07, 6.45) is 0. The van der Waals surface area contributed by atoms with Crippen LogP contribution in [-0.4, -0.2) is 27.9 Å². The molecule has 5 heteroatoms. The number of pyridine rings is 1. The van der Waals surface area contributed by atoms with E-state index in [1.165, 1.54) is 0 Å². The molecule has 0 aliphatic heterocycles. The third-order valence-corrected chi connectivity index (χ3v) is 5.14. The van der Waals surface area contributed by atoms with Crippen LogP contribution in [0.2, 0.25) is 0 Å². The summed E-state index contributed by atoms with van der Waals surface area (Å²) in [4.78, 5) is 30.0. The highest BCUT2D eigenvalue weighted by Gasteiger charge is 2.20. The summed E-state index contributed by atoms with van der Waals surface area (Å²) < 4.78 is 7.41. The lowest BCUT2D eigenvalue weighted by Crippen LogP contribution is -2.15. The number of aromatic nitrogens is 2. The van der Waals surface area contributed by atoms with E-state index >= 15 is 0 Å². The summed E-state index contributed by atoms with van der Waals surface area (Å²) in [5.41, 5.74) is 5.18. The van der Waals surface area contributed by atoms with Gasteiger partial charge in [0.05, 0.1) is 11.1 Å². The van der Waals surface area contributed by atoms with Gasteiger partial charge in [-0.2, -0.15) is 0 Å². The molecule has 0 saturated carbocycles. The standard InChI is InChI=1S/C25H22N2O3/c1-16-13-22(20-11-7-8-12-23(20)26-16)25(29)30-15-24(28)21-14-17(2)27(18(21)3)19-9-5-4-6-10-19/h4-14H,15H2,1-3H3. The van der Waals surface area contributed by atoms with Gasteiger partial charge in [-0.05, 0) is 51.1 Å². The lowest BCUT2D eigenvalue weighted by Gasteiger charge is -2.10. The number of benzene rings is 2. The first-order valence-electron chi connectivity index (χ1n) is 9.77. The van der Waals surface area contributed by atoms with Crippen LogP contribution in [0.15, 0.2) is 66.7 Å². The van der Waals surface area contributed by atoms with Crippen LogP contribution in [0.5, 0.6) is 0 Å². The number of hydrogen-bond acceptors (Lipinski definition) is 4. The van der Waals surface area contributed by atoms with E-state index in [0.29, 0.717) is 16.5 Å². The number of esters is 1. The molecule has 0 fully saturated rings. The predicted molar refractivity (Wildman–Crippen MR) is 116 cm³/mol. The molecule has 2 aromatic heterocycles. The summed E-state index contributed by atoms with van der Waals surface area (Å²) in [5.74, 6) is -0.754. The molecule has 0 aliphatic rings. The van der Waals surface area contributed by atoms with E-state index in [0.717, 1.165) is 28.3 Å². The number of carbonyl (C=O) groups is 2. The van der Waals surface area contributed by atoms with Gasteiger partial charge in [-0.25, -0.2) is 4.79 Å². The summed E-state index contributed by atoms with van der Waals surface area (Å²) in [7, 11) is 0. The molecule has 2 aromatic carbocycles. The number of ketones is 1. The van der Waals surface area contributed by atoms with E-state index in [1.807, 2.05) is 86.0 Å². The Kier molecular flexibility index (Phi) is 5.19. The molecule has 0 radical (unpaired) electrons. The number of fused-ring (bicyclic) bond motifs is 1. The molecular weight excluding hydrogens is 376 g/mol. The van der Waals surface area contributed by atoms with Crippen LogP contribution in [0.3, 0.4) is 0 Å². The summed E-state index contributed by atoms with van der Waals surface area (Å²) in [6.45, 7) is 5.36. The van der Waals surface area contributed by atoms with Gasteiger partial charge in [-0.1, -0.05) is 36.4 Å². The lowest BCUT2D eigenvalue weighted by molar-refractivity contribution is 0.0476. The fourth-order valence-electron chi connectivity index (χ4n) is 3.78. The fourth-order valence-corrected chi connectivity index (χ4v) is 3.78. The molecule has 0 atom stereocenters. The largest absolute Gasteiger partial charge is 0.454 e. The molecule has 0 unspecified atom stereocenters. The second-order valence-corrected chi connectivity index (χ2v) is 7.28. The first-order chi connectivity index (χ1) is 14.5. The van der Waals surface area contributed by atoms with Gasteiger partial charge in [0.25, 0.3) is 0 Å². The molecule has 0 bridgehead atoms. The Hall–Kier alpha value is -3.73. The van der Waals surface area contributed by atoms with Gasteiger partial charge < -0.3 is 9.30 Å². The van der Waals surface area contributed by atoms with Crippen LogP contribution in [0.4, 0.5) is 0 Å². The maximum Gasteiger partial charge on any atom is 0.339 e. The fraction of sp³-hybridized carbons (Fsp3) is 0.160. The van der Waals surface area contributed by atoms with Crippen LogP contribution < -0.4 is 0 Å². The van der Waals surface area contributed by atoms with Crippen LogP contribution >= 0.6 is 0 Å². The molecule has 4 rings (SSSR count). The van der Waals surface area contributed by atoms with Crippen molar-refractivity contribution in [2.45, 2.75) is 20.8 Å². The number of carbonyl (C=O) groups excluding carboxylic acids is 2. The van der Waals surface area contributed by atoms with Crippen molar-refractivity contribution in [2.24, 2.45) is 0 Å². The smallest absolute Gasteiger partial charge is 0.339 e. The number of rotatable bonds is 5. The maximum absolute atomic E-state index is 12.8. The van der Waals surface area contributed by atoms with Gasteiger partial charge in [-0.3, -0.25) is 9.78 Å². The Morgan fingerprint density at radius 3 is 2.37 bits per heavy atom. The highest BCUT2D eigenvalue weighted by molar-refractivity contribution is 6.05. The maximum atomic E-state index is 12.8. The van der Waals surface area contributed by atoms with Crippen LogP contribution in [-0.2, 0) is 4.74 Å². The van der Waals surface area contributed by atoms with Crippen LogP contribution in [0.25, 0.3) is 16.6 Å². The summed E-state index contributed by atoms with van der Waals surface area (Å²) >= 11 is 0. The van der Waals surface area contributed by atoms with Crippen molar-refractivity contribution in [1.82, 2.24) is 9.55 Å². The van der Waals surface area contributed by atoms with Gasteiger partial charge in [0, 0.05) is 33.7 Å². The number of nitrogens with zero attached hydrogens (tertiary/aromatic N) is 2. The van der Waals surface area contributed by atoms with Crippen molar-refractivity contribution in [1.29, 1.82) is 0 Å². The number of ether oxygens (including phenoxy) is 1. The van der Waals surface area contributed by atoms with E-state index < -0.39 is 5.97 Å². The zero-order valence-electron chi connectivity index (χ0n) is 17.2. The minimum absolute atomic E-state index is 0.228. The second-order valence-electron chi connectivity index (χ2n) is 7.28. The van der Waals surface area contributed by atoms with Crippen molar-refractivity contribution < 1.29 is 14.3 Å². The summed E-state index contributed by atoms with van der Waals surface area (Å²) in [6, 6.07) is 20.8. The Morgan fingerprint density at radius 2 is 1.60 bits per heavy atom. The molecule has 150 valence electrons. The minimum atomic E-state index is -0.526. The quantitative estimate of drug-likeness (QED) is 0.351. The Labute approximate surface area is 174 Å². The van der Waals surface area contributed by atoms with Crippen molar-refractivity contribution in [2.75, 3.05) is 6.61 Å². The van der Waals surface area contributed by atoms with Gasteiger partial charge in [-0.15, -0.1) is 0 Å². The third-order valence-electron chi connectivity index (χ3n) is 5.14. The lowest BCUT2D eigenvalue weighted by atomic mass is 10.1. The number of aryl methyl sites for hydroxylation is 2. The van der Waals surface area contributed by atoms with Crippen LogP contribution in [0.1, 0.15) is 37.8 Å². The summed E-state index contributed by atoms with van der Waals surface area (Å²) in [5, 5.41) is 0.711. The highest BCUT2D eigenvalue weighted by atomic mass is 16.5. The number of para-hydroxylation sites is 2. The first-order valence-corrected chi connectivity index (χ1v) is 9.77. The molecule has 2 heterocycles. The van der Waals surface area contributed by atoms with E-state index in [2.05, 4.69) is 4.98 Å². The molecule has 0 amide bonds. The van der Waals surface area contributed by atoms with Gasteiger partial charge >= 0.3 is 5.97 Å². The number of hydrogen-bond donors (Lipinski definition) is 0. The molecule has 0 aliphatic carbocycles. The van der Waals surface area contributed by atoms with Crippen molar-refractivity contribution in [3.63, 3.8) is 0 Å². The van der Waals surface area contributed by atoms with Crippen molar-refractivity contribution in [3.8, 4) is 5.69 Å². The average Bonchev–Trinajstić information content (AvgIpc) is 3.05. The minimum Gasteiger partial charge on any atom is -0.454 e. The zero-order chi connectivity index (χ0) is 21.3. The molecule has 0 N–H and O–H groups in total. The van der Waals surface area contributed by atoms with Crippen molar-refractivity contribution in [3.05, 3.63) is 94.9 Å². The molecule has 4 aromatic rings. The highest BCUT2D eigenvalue weighted by Crippen LogP contribution is 2.22. The van der Waals surface area contributed by atoms with E-state index in [-0.39, 0.29) is 12.4 Å². The second kappa shape index (κ2) is 7.95. The topological polar surface area (TPSA) is 61.2 Å². The van der Waals surface area contributed by atoms with Gasteiger partial charge in [0.1, 0.15) is 0 Å². The average molecular weight is 398 g/mol. The van der Waals surface area contributed by atoms with Gasteiger partial charge in [0.15, 0.2) is 6.61 Å². The predicted octanol–water partition coefficient (Wildman–Crippen LogP) is 4.99. The zero-order valence-corrected chi connectivity index (χ0v) is 17.2. The van der Waals surface area contributed by atoms with Gasteiger partial charge in [0.2, 0.25) is 5.78 Å². The van der Waals surface area contributed by atoms with E-state index in [4.69, 9.17) is 4.74 Å². The normalized spacial score (nSPS) is 10.9. The molecule has 5 nitrogen and oxygen atoms in total. The molecule has 30 heavy (non-hydrogen) atoms. The molecular formula is C25H22N2O3. The Balaban J connectivity index is 1.56. The van der Waals surface area contributed by atoms with E-state index in [9.17, 15) is 9.59 Å². The third kappa shape index (κ3) is 3.62. The Morgan fingerprint density at radius 1 is 0.900 bits per heavy atom. The van der Waals surface area contributed by atoms with Crippen LogP contribution in [0, 0.1) is 20.8 Å². The molecule has 0 spiro atoms. The first kappa shape index (κ1) is 19.6.